The minimum atomic E-state index is -0.114. The van der Waals surface area contributed by atoms with Crippen LogP contribution >= 0.6 is 0 Å². The molecule has 1 amide bonds. The fraction of sp³-hybridized carbons (Fsp3) is 0.350. The van der Waals surface area contributed by atoms with Gasteiger partial charge in [-0.15, -0.1) is 0 Å². The van der Waals surface area contributed by atoms with Crippen LogP contribution in [0.25, 0.3) is 11.3 Å². The molecule has 0 unspecified atom stereocenters. The van der Waals surface area contributed by atoms with Crippen LogP contribution in [0.4, 0.5) is 0 Å². The van der Waals surface area contributed by atoms with Crippen molar-refractivity contribution in [2.45, 2.75) is 37.8 Å². The maximum absolute atomic E-state index is 12.4. The molecule has 0 aromatic carbocycles. The number of hydrogen-bond acceptors (Lipinski definition) is 5. The monoisotopic (exact) mass is 378 g/mol. The average Bonchev–Trinajstić information content (AvgIpc) is 3.16. The van der Waals surface area contributed by atoms with E-state index < -0.39 is 0 Å². The van der Waals surface area contributed by atoms with Crippen molar-refractivity contribution in [2.75, 3.05) is 0 Å². The van der Waals surface area contributed by atoms with Crippen molar-refractivity contribution >= 4 is 5.91 Å². The number of carbonyl (C=O) groups excluding carboxylic acids is 1. The Kier molecular flexibility index (Phi) is 5.01. The second kappa shape index (κ2) is 7.75. The normalized spacial score (nSPS) is 19.3. The van der Waals surface area contributed by atoms with E-state index in [0.29, 0.717) is 5.69 Å². The molecule has 0 bridgehead atoms. The Balaban J connectivity index is 1.43. The minimum absolute atomic E-state index is 0.0361. The van der Waals surface area contributed by atoms with Crippen LogP contribution in [-0.4, -0.2) is 36.5 Å². The number of amides is 1. The summed E-state index contributed by atoms with van der Waals surface area (Å²) in [6.07, 6.45) is 8.25. The molecule has 3 heterocycles. The van der Waals surface area contributed by atoms with Gasteiger partial charge in [-0.05, 0) is 49.9 Å². The average molecular weight is 378 g/mol. The van der Waals surface area contributed by atoms with E-state index in [2.05, 4.69) is 20.5 Å². The van der Waals surface area contributed by atoms with Gasteiger partial charge in [-0.1, -0.05) is 0 Å². The van der Waals surface area contributed by atoms with Crippen molar-refractivity contribution in [2.24, 2.45) is 7.05 Å². The van der Waals surface area contributed by atoms with Gasteiger partial charge in [-0.3, -0.25) is 19.3 Å². The second-order valence-corrected chi connectivity index (χ2v) is 7.06. The van der Waals surface area contributed by atoms with Gasteiger partial charge in [0, 0.05) is 43.3 Å². The molecule has 8 heteroatoms. The number of rotatable bonds is 4. The summed E-state index contributed by atoms with van der Waals surface area (Å²) in [7, 11) is 1.75. The molecule has 0 radical (unpaired) electrons. The SMILES string of the molecule is Cn1nccc1C(=O)NC1CCC(n2nc(-c3cccnc3)ccc2=O)CC1. The minimum Gasteiger partial charge on any atom is -0.348 e. The van der Waals surface area contributed by atoms with Gasteiger partial charge in [-0.2, -0.15) is 10.2 Å². The van der Waals surface area contributed by atoms with E-state index in [0.717, 1.165) is 36.9 Å². The largest absolute Gasteiger partial charge is 0.348 e. The smallest absolute Gasteiger partial charge is 0.269 e. The predicted molar refractivity (Wildman–Crippen MR) is 104 cm³/mol. The Morgan fingerprint density at radius 3 is 2.61 bits per heavy atom. The Bertz CT molecular complexity index is 1020. The summed E-state index contributed by atoms with van der Waals surface area (Å²) in [6, 6.07) is 8.90. The summed E-state index contributed by atoms with van der Waals surface area (Å²) in [5, 5.41) is 11.7. The molecule has 1 fully saturated rings. The Morgan fingerprint density at radius 1 is 1.11 bits per heavy atom. The molecular formula is C20H22N6O2. The zero-order valence-corrected chi connectivity index (χ0v) is 15.7. The molecule has 0 spiro atoms. The van der Waals surface area contributed by atoms with Crippen molar-refractivity contribution in [3.05, 3.63) is 65.0 Å². The highest BCUT2D eigenvalue weighted by atomic mass is 16.2. The quantitative estimate of drug-likeness (QED) is 0.749. The number of aromatic nitrogens is 5. The standard InChI is InChI=1S/C20H22N6O2/c1-25-18(10-12-22-25)20(28)23-15-4-6-16(7-5-15)26-19(27)9-8-17(24-26)14-3-2-11-21-13-14/h2-3,8-13,15-16H,4-7H2,1H3,(H,23,28). The van der Waals surface area contributed by atoms with Crippen LogP contribution in [0.3, 0.4) is 0 Å². The van der Waals surface area contributed by atoms with Gasteiger partial charge < -0.3 is 5.32 Å². The van der Waals surface area contributed by atoms with E-state index in [-0.39, 0.29) is 23.6 Å². The number of pyridine rings is 1. The molecule has 0 atom stereocenters. The molecule has 0 saturated heterocycles. The van der Waals surface area contributed by atoms with Gasteiger partial charge in [-0.25, -0.2) is 4.68 Å². The molecule has 1 N–H and O–H groups in total. The lowest BCUT2D eigenvalue weighted by Gasteiger charge is -2.29. The lowest BCUT2D eigenvalue weighted by molar-refractivity contribution is 0.0912. The van der Waals surface area contributed by atoms with E-state index in [9.17, 15) is 9.59 Å². The molecule has 4 rings (SSSR count). The third kappa shape index (κ3) is 3.71. The maximum atomic E-state index is 12.4. The van der Waals surface area contributed by atoms with Crippen LogP contribution in [0.5, 0.6) is 0 Å². The highest BCUT2D eigenvalue weighted by Gasteiger charge is 2.26. The van der Waals surface area contributed by atoms with Gasteiger partial charge in [0.2, 0.25) is 0 Å². The van der Waals surface area contributed by atoms with Crippen LogP contribution < -0.4 is 10.9 Å². The van der Waals surface area contributed by atoms with E-state index in [4.69, 9.17) is 0 Å². The van der Waals surface area contributed by atoms with E-state index in [1.807, 2.05) is 12.1 Å². The molecule has 1 aliphatic carbocycles. The van der Waals surface area contributed by atoms with Gasteiger partial charge in [0.15, 0.2) is 0 Å². The van der Waals surface area contributed by atoms with Crippen molar-refractivity contribution in [1.82, 2.24) is 29.9 Å². The number of aryl methyl sites for hydroxylation is 1. The van der Waals surface area contributed by atoms with Crippen LogP contribution in [0.15, 0.2) is 53.7 Å². The third-order valence-corrected chi connectivity index (χ3v) is 5.21. The summed E-state index contributed by atoms with van der Waals surface area (Å²) in [4.78, 5) is 28.8. The van der Waals surface area contributed by atoms with Crippen molar-refractivity contribution in [3.8, 4) is 11.3 Å². The second-order valence-electron chi connectivity index (χ2n) is 7.06. The molecule has 1 saturated carbocycles. The summed E-state index contributed by atoms with van der Waals surface area (Å²) in [6.45, 7) is 0. The molecule has 3 aromatic heterocycles. The Labute approximate surface area is 162 Å². The molecule has 144 valence electrons. The molecule has 0 aliphatic heterocycles. The van der Waals surface area contributed by atoms with Gasteiger partial charge >= 0.3 is 0 Å². The topological polar surface area (TPSA) is 94.7 Å². The maximum Gasteiger partial charge on any atom is 0.269 e. The van der Waals surface area contributed by atoms with Crippen LogP contribution in [0.2, 0.25) is 0 Å². The fourth-order valence-corrected chi connectivity index (χ4v) is 3.68. The van der Waals surface area contributed by atoms with Crippen LogP contribution in [0, 0.1) is 0 Å². The van der Waals surface area contributed by atoms with Gasteiger partial charge in [0.25, 0.3) is 11.5 Å². The number of carbonyl (C=O) groups is 1. The lowest BCUT2D eigenvalue weighted by Crippen LogP contribution is -2.40. The lowest BCUT2D eigenvalue weighted by atomic mass is 9.91. The van der Waals surface area contributed by atoms with Gasteiger partial charge in [0.05, 0.1) is 11.7 Å². The summed E-state index contributed by atoms with van der Waals surface area (Å²) in [5.41, 5.74) is 2.06. The Morgan fingerprint density at radius 2 is 1.93 bits per heavy atom. The summed E-state index contributed by atoms with van der Waals surface area (Å²) < 4.78 is 3.15. The molecule has 1 aliphatic rings. The summed E-state index contributed by atoms with van der Waals surface area (Å²) in [5.74, 6) is -0.114. The van der Waals surface area contributed by atoms with E-state index in [1.54, 1.807) is 53.2 Å². The molecule has 28 heavy (non-hydrogen) atoms. The first-order valence-corrected chi connectivity index (χ1v) is 9.41. The first kappa shape index (κ1) is 18.1. The molecule has 8 nitrogen and oxygen atoms in total. The highest BCUT2D eigenvalue weighted by molar-refractivity contribution is 5.92. The van der Waals surface area contributed by atoms with Crippen LogP contribution in [0.1, 0.15) is 42.2 Å². The number of nitrogens with zero attached hydrogens (tertiary/aromatic N) is 5. The first-order valence-electron chi connectivity index (χ1n) is 9.41. The zero-order valence-electron chi connectivity index (χ0n) is 15.7. The molecule has 3 aromatic rings. The molecular weight excluding hydrogens is 356 g/mol. The first-order chi connectivity index (χ1) is 13.6. The number of nitrogens with one attached hydrogen (secondary N) is 1. The van der Waals surface area contributed by atoms with Crippen molar-refractivity contribution < 1.29 is 4.79 Å². The highest BCUT2D eigenvalue weighted by Crippen LogP contribution is 2.27. The zero-order chi connectivity index (χ0) is 19.5. The van der Waals surface area contributed by atoms with Crippen molar-refractivity contribution in [1.29, 1.82) is 0 Å². The van der Waals surface area contributed by atoms with E-state index >= 15 is 0 Å². The third-order valence-electron chi connectivity index (χ3n) is 5.21. The summed E-state index contributed by atoms with van der Waals surface area (Å²) >= 11 is 0. The van der Waals surface area contributed by atoms with Crippen LogP contribution in [-0.2, 0) is 7.05 Å². The van der Waals surface area contributed by atoms with E-state index in [1.165, 1.54) is 0 Å². The van der Waals surface area contributed by atoms with Crippen molar-refractivity contribution in [3.63, 3.8) is 0 Å². The predicted octanol–water partition coefficient (Wildman–Crippen LogP) is 1.95. The fourth-order valence-electron chi connectivity index (χ4n) is 3.68. The number of hydrogen-bond donors (Lipinski definition) is 1. The van der Waals surface area contributed by atoms with Gasteiger partial charge in [0.1, 0.15) is 5.69 Å². The Hall–Kier alpha value is -3.29.